The molecule has 116 valence electrons. The molecule has 1 aromatic rings. The Morgan fingerprint density at radius 1 is 1.19 bits per heavy atom. The molecule has 0 radical (unpaired) electrons. The highest BCUT2D eigenvalue weighted by molar-refractivity contribution is 7.87. The SMILES string of the molecule is O=C1CC(S(=O)(=O)F)CN1c1ccc(OC(F)(F)F)cc1. The van der Waals surface area contributed by atoms with Crippen molar-refractivity contribution in [2.45, 2.75) is 18.0 Å². The van der Waals surface area contributed by atoms with Gasteiger partial charge in [-0.15, -0.1) is 17.1 Å². The normalized spacial score (nSPS) is 19.9. The number of rotatable bonds is 3. The predicted octanol–water partition coefficient (Wildman–Crippen LogP) is 1.99. The second-order valence-electron chi connectivity index (χ2n) is 4.35. The van der Waals surface area contributed by atoms with E-state index in [-0.39, 0.29) is 12.2 Å². The fourth-order valence-corrected chi connectivity index (χ4v) is 2.61. The summed E-state index contributed by atoms with van der Waals surface area (Å²) in [7, 11) is -4.84. The first kappa shape index (κ1) is 15.5. The third-order valence-electron chi connectivity index (χ3n) is 2.87. The molecule has 5 nitrogen and oxygen atoms in total. The first-order valence-corrected chi connectivity index (χ1v) is 7.10. The van der Waals surface area contributed by atoms with E-state index in [1.807, 2.05) is 0 Å². The number of benzene rings is 1. The Labute approximate surface area is 117 Å². The van der Waals surface area contributed by atoms with Gasteiger partial charge in [-0.05, 0) is 24.3 Å². The average Bonchev–Trinajstić information content (AvgIpc) is 2.70. The van der Waals surface area contributed by atoms with Crippen molar-refractivity contribution in [2.24, 2.45) is 0 Å². The molecule has 1 heterocycles. The second kappa shape index (κ2) is 5.17. The van der Waals surface area contributed by atoms with Crippen molar-refractivity contribution in [3.63, 3.8) is 0 Å². The molecule has 0 aliphatic carbocycles. The summed E-state index contributed by atoms with van der Waals surface area (Å²) in [5.74, 6) is -1.10. The Bertz CT molecular complexity index is 641. The largest absolute Gasteiger partial charge is 0.573 e. The number of alkyl halides is 3. The van der Waals surface area contributed by atoms with Gasteiger partial charge in [0, 0.05) is 18.7 Å². The smallest absolute Gasteiger partial charge is 0.406 e. The number of halogens is 4. The lowest BCUT2D eigenvalue weighted by molar-refractivity contribution is -0.274. The van der Waals surface area contributed by atoms with Crippen molar-refractivity contribution >= 4 is 21.8 Å². The van der Waals surface area contributed by atoms with Gasteiger partial charge < -0.3 is 9.64 Å². The minimum Gasteiger partial charge on any atom is -0.406 e. The van der Waals surface area contributed by atoms with Gasteiger partial charge in [-0.3, -0.25) is 4.79 Å². The van der Waals surface area contributed by atoms with E-state index in [4.69, 9.17) is 0 Å². The molecule has 1 aromatic carbocycles. The molecule has 1 aliphatic rings. The van der Waals surface area contributed by atoms with Crippen molar-refractivity contribution in [1.29, 1.82) is 0 Å². The van der Waals surface area contributed by atoms with Crippen LogP contribution in [-0.2, 0) is 15.0 Å². The quantitative estimate of drug-likeness (QED) is 0.629. The zero-order chi connectivity index (χ0) is 15.8. The molecule has 1 aliphatic heterocycles. The van der Waals surface area contributed by atoms with Crippen LogP contribution in [0.4, 0.5) is 22.7 Å². The van der Waals surface area contributed by atoms with E-state index in [1.54, 1.807) is 0 Å². The molecule has 0 bridgehead atoms. The summed E-state index contributed by atoms with van der Waals surface area (Å²) in [6, 6.07) is 4.28. The lowest BCUT2D eigenvalue weighted by Crippen LogP contribution is -2.26. The van der Waals surface area contributed by atoms with Crippen LogP contribution in [0.2, 0.25) is 0 Å². The van der Waals surface area contributed by atoms with Crippen molar-refractivity contribution < 1.29 is 35.0 Å². The Morgan fingerprint density at radius 3 is 2.19 bits per heavy atom. The highest BCUT2D eigenvalue weighted by Crippen LogP contribution is 2.29. The highest BCUT2D eigenvalue weighted by atomic mass is 32.3. The van der Waals surface area contributed by atoms with E-state index in [9.17, 15) is 30.3 Å². The summed E-state index contributed by atoms with van der Waals surface area (Å²) in [6.07, 6.45) is -5.34. The molecule has 10 heteroatoms. The molecule has 0 saturated carbocycles. The number of ether oxygens (including phenoxy) is 1. The van der Waals surface area contributed by atoms with Crippen LogP contribution in [0.5, 0.6) is 5.75 Å². The first-order valence-electron chi connectivity index (χ1n) is 5.66. The Balaban J connectivity index is 2.14. The molecule has 2 rings (SSSR count). The molecule has 0 aromatic heterocycles. The second-order valence-corrected chi connectivity index (χ2v) is 5.97. The van der Waals surface area contributed by atoms with E-state index >= 15 is 0 Å². The van der Waals surface area contributed by atoms with Gasteiger partial charge in [-0.2, -0.15) is 8.42 Å². The van der Waals surface area contributed by atoms with E-state index in [0.717, 1.165) is 29.2 Å². The van der Waals surface area contributed by atoms with E-state index in [1.165, 1.54) is 0 Å². The molecule has 1 saturated heterocycles. The monoisotopic (exact) mass is 327 g/mol. The van der Waals surface area contributed by atoms with Crippen LogP contribution < -0.4 is 9.64 Å². The van der Waals surface area contributed by atoms with Gasteiger partial charge >= 0.3 is 16.6 Å². The van der Waals surface area contributed by atoms with Gasteiger partial charge in [0.2, 0.25) is 5.91 Å². The molecule has 0 N–H and O–H groups in total. The van der Waals surface area contributed by atoms with Gasteiger partial charge in [-0.1, -0.05) is 0 Å². The van der Waals surface area contributed by atoms with Crippen molar-refractivity contribution in [3.8, 4) is 5.75 Å². The summed E-state index contributed by atoms with van der Waals surface area (Å²) >= 11 is 0. The maximum absolute atomic E-state index is 12.9. The van der Waals surface area contributed by atoms with Crippen LogP contribution in [0.3, 0.4) is 0 Å². The zero-order valence-electron chi connectivity index (χ0n) is 10.3. The summed E-state index contributed by atoms with van der Waals surface area (Å²) in [5.41, 5.74) is 0.167. The molecule has 1 fully saturated rings. The van der Waals surface area contributed by atoms with Gasteiger partial charge in [0.25, 0.3) is 0 Å². The van der Waals surface area contributed by atoms with Crippen molar-refractivity contribution in [3.05, 3.63) is 24.3 Å². The molecule has 21 heavy (non-hydrogen) atoms. The summed E-state index contributed by atoms with van der Waals surface area (Å²) in [6.45, 7) is -0.378. The third kappa shape index (κ3) is 3.84. The number of anilines is 1. The van der Waals surface area contributed by atoms with E-state index < -0.39 is 39.9 Å². The topological polar surface area (TPSA) is 63.7 Å². The van der Waals surface area contributed by atoms with Crippen molar-refractivity contribution in [2.75, 3.05) is 11.4 Å². The Morgan fingerprint density at radius 2 is 1.76 bits per heavy atom. The van der Waals surface area contributed by atoms with Gasteiger partial charge in [-0.25, -0.2) is 0 Å². The third-order valence-corrected chi connectivity index (χ3v) is 3.98. The van der Waals surface area contributed by atoms with Gasteiger partial charge in [0.05, 0.1) is 0 Å². The Hall–Kier alpha value is -1.84. The molecular weight excluding hydrogens is 318 g/mol. The van der Waals surface area contributed by atoms with Crippen LogP contribution >= 0.6 is 0 Å². The van der Waals surface area contributed by atoms with Crippen LogP contribution in [0.25, 0.3) is 0 Å². The maximum Gasteiger partial charge on any atom is 0.573 e. The van der Waals surface area contributed by atoms with Crippen LogP contribution in [-0.4, -0.2) is 32.5 Å². The summed E-state index contributed by atoms with van der Waals surface area (Å²) < 4.78 is 74.0. The number of hydrogen-bond acceptors (Lipinski definition) is 4. The van der Waals surface area contributed by atoms with E-state index in [2.05, 4.69) is 4.74 Å². The van der Waals surface area contributed by atoms with Crippen molar-refractivity contribution in [1.82, 2.24) is 0 Å². The summed E-state index contributed by atoms with van der Waals surface area (Å²) in [4.78, 5) is 12.6. The molecule has 1 atom stereocenters. The minimum atomic E-state index is -4.84. The standard InChI is InChI=1S/C11H9F4NO4S/c12-11(13,14)20-8-3-1-7(2-4-8)16-6-9(5-10(16)17)21(15,18)19/h1-4,9H,5-6H2. The van der Waals surface area contributed by atoms with E-state index in [0.29, 0.717) is 0 Å². The predicted molar refractivity (Wildman–Crippen MR) is 63.9 cm³/mol. The lowest BCUT2D eigenvalue weighted by Gasteiger charge is -2.16. The number of carbonyl (C=O) groups excluding carboxylic acids is 1. The van der Waals surface area contributed by atoms with Gasteiger partial charge in [0.1, 0.15) is 11.0 Å². The fourth-order valence-electron chi connectivity index (χ4n) is 1.94. The molecule has 1 unspecified atom stereocenters. The number of amides is 1. The average molecular weight is 327 g/mol. The molecular formula is C11H9F4NO4S. The number of nitrogens with zero attached hydrogens (tertiary/aromatic N) is 1. The highest BCUT2D eigenvalue weighted by Gasteiger charge is 2.39. The number of carbonyl (C=O) groups is 1. The lowest BCUT2D eigenvalue weighted by atomic mass is 10.3. The maximum atomic E-state index is 12.9. The van der Waals surface area contributed by atoms with Crippen LogP contribution in [0.1, 0.15) is 6.42 Å². The van der Waals surface area contributed by atoms with Gasteiger partial charge in [0.15, 0.2) is 0 Å². The minimum absolute atomic E-state index is 0.167. The van der Waals surface area contributed by atoms with Crippen LogP contribution in [0.15, 0.2) is 24.3 Å². The Kier molecular flexibility index (Phi) is 3.83. The first-order chi connectivity index (χ1) is 9.56. The zero-order valence-corrected chi connectivity index (χ0v) is 11.1. The molecule has 1 amide bonds. The molecule has 0 spiro atoms. The van der Waals surface area contributed by atoms with Crippen LogP contribution in [0, 0.1) is 0 Å². The number of hydrogen-bond donors (Lipinski definition) is 0. The fraction of sp³-hybridized carbons (Fsp3) is 0.364. The summed E-state index contributed by atoms with van der Waals surface area (Å²) in [5, 5.41) is -1.46.